The zero-order valence-electron chi connectivity index (χ0n) is 10.5. The standard InChI is InChI=1S/C11H15Cl2N3O3S/c12-8-5-9(13)7-10(6-8)20(18,19)15-4-2-1-3-11(14)16-17/h5-7,15,17H,1-4H2,(H2,14,16). The van der Waals surface area contributed by atoms with E-state index >= 15 is 0 Å². The number of sulfonamides is 1. The number of halogens is 2. The Morgan fingerprint density at radius 2 is 1.85 bits per heavy atom. The highest BCUT2D eigenvalue weighted by Crippen LogP contribution is 2.22. The van der Waals surface area contributed by atoms with Gasteiger partial charge in [0.05, 0.1) is 4.90 Å². The van der Waals surface area contributed by atoms with E-state index in [-0.39, 0.29) is 27.3 Å². The maximum atomic E-state index is 12.0. The monoisotopic (exact) mass is 339 g/mol. The van der Waals surface area contributed by atoms with Crippen molar-refractivity contribution in [3.8, 4) is 0 Å². The van der Waals surface area contributed by atoms with Crippen molar-refractivity contribution in [1.29, 1.82) is 0 Å². The molecule has 20 heavy (non-hydrogen) atoms. The number of hydrogen-bond donors (Lipinski definition) is 3. The summed E-state index contributed by atoms with van der Waals surface area (Å²) in [4.78, 5) is 0.0198. The molecule has 0 aliphatic rings. The van der Waals surface area contributed by atoms with Crippen molar-refractivity contribution in [3.63, 3.8) is 0 Å². The second kappa shape index (κ2) is 7.68. The number of rotatable bonds is 7. The lowest BCUT2D eigenvalue weighted by Crippen LogP contribution is -2.25. The van der Waals surface area contributed by atoms with E-state index in [1.54, 1.807) is 0 Å². The van der Waals surface area contributed by atoms with E-state index in [0.29, 0.717) is 19.3 Å². The highest BCUT2D eigenvalue weighted by atomic mass is 35.5. The summed E-state index contributed by atoms with van der Waals surface area (Å²) in [6.07, 6.45) is 1.57. The molecule has 9 heteroatoms. The Hall–Kier alpha value is -1.02. The largest absolute Gasteiger partial charge is 0.409 e. The predicted molar refractivity (Wildman–Crippen MR) is 78.9 cm³/mol. The van der Waals surface area contributed by atoms with Crippen LogP contribution in [0.3, 0.4) is 0 Å². The van der Waals surface area contributed by atoms with Crippen LogP contribution in [0, 0.1) is 0 Å². The Morgan fingerprint density at radius 3 is 2.40 bits per heavy atom. The number of nitrogens with zero attached hydrogens (tertiary/aromatic N) is 1. The van der Waals surface area contributed by atoms with Crippen LogP contribution in [-0.4, -0.2) is 26.0 Å². The van der Waals surface area contributed by atoms with Crippen molar-refractivity contribution in [3.05, 3.63) is 28.2 Å². The fraction of sp³-hybridized carbons (Fsp3) is 0.364. The summed E-state index contributed by atoms with van der Waals surface area (Å²) < 4.78 is 26.4. The average Bonchev–Trinajstić information content (AvgIpc) is 2.36. The number of oxime groups is 1. The molecule has 0 heterocycles. The van der Waals surface area contributed by atoms with Crippen molar-refractivity contribution in [2.24, 2.45) is 10.9 Å². The highest BCUT2D eigenvalue weighted by molar-refractivity contribution is 7.89. The van der Waals surface area contributed by atoms with E-state index in [9.17, 15) is 8.42 Å². The van der Waals surface area contributed by atoms with E-state index in [1.807, 2.05) is 0 Å². The minimum Gasteiger partial charge on any atom is -0.409 e. The lowest BCUT2D eigenvalue weighted by atomic mass is 10.2. The maximum absolute atomic E-state index is 12.0. The topological polar surface area (TPSA) is 105 Å². The molecular formula is C11H15Cl2N3O3S. The molecule has 1 aromatic rings. The third-order valence-electron chi connectivity index (χ3n) is 2.43. The second-order valence-electron chi connectivity index (χ2n) is 4.05. The van der Waals surface area contributed by atoms with Crippen LogP contribution in [0.1, 0.15) is 19.3 Å². The molecule has 0 spiro atoms. The molecule has 0 radical (unpaired) electrons. The quantitative estimate of drug-likeness (QED) is 0.233. The van der Waals surface area contributed by atoms with Gasteiger partial charge in [-0.2, -0.15) is 0 Å². The average molecular weight is 340 g/mol. The fourth-order valence-electron chi connectivity index (χ4n) is 1.45. The summed E-state index contributed by atoms with van der Waals surface area (Å²) in [6, 6.07) is 4.11. The van der Waals surface area contributed by atoms with Gasteiger partial charge < -0.3 is 10.9 Å². The van der Waals surface area contributed by atoms with Gasteiger partial charge in [-0.3, -0.25) is 0 Å². The lowest BCUT2D eigenvalue weighted by molar-refractivity contribution is 0.316. The summed E-state index contributed by atoms with van der Waals surface area (Å²) in [7, 11) is -3.64. The van der Waals surface area contributed by atoms with Crippen LogP contribution in [0.15, 0.2) is 28.3 Å². The van der Waals surface area contributed by atoms with E-state index in [0.717, 1.165) is 0 Å². The van der Waals surface area contributed by atoms with Crippen LogP contribution in [-0.2, 0) is 10.0 Å². The Balaban J connectivity index is 2.54. The SMILES string of the molecule is NC(CCCCNS(=O)(=O)c1cc(Cl)cc(Cl)c1)=NO. The molecule has 0 amide bonds. The summed E-state index contributed by atoms with van der Waals surface area (Å²) in [5.74, 6) is 0.120. The van der Waals surface area contributed by atoms with E-state index in [4.69, 9.17) is 34.1 Å². The second-order valence-corrected chi connectivity index (χ2v) is 6.69. The third-order valence-corrected chi connectivity index (χ3v) is 4.30. The number of nitrogens with two attached hydrogens (primary N) is 1. The summed E-state index contributed by atoms with van der Waals surface area (Å²) in [6.45, 7) is 0.241. The van der Waals surface area contributed by atoms with Gasteiger partial charge in [-0.05, 0) is 31.0 Å². The lowest BCUT2D eigenvalue weighted by Gasteiger charge is -2.07. The van der Waals surface area contributed by atoms with Crippen molar-refractivity contribution in [1.82, 2.24) is 4.72 Å². The maximum Gasteiger partial charge on any atom is 0.240 e. The van der Waals surface area contributed by atoms with E-state index in [1.165, 1.54) is 18.2 Å². The Bertz CT molecular complexity index is 570. The Morgan fingerprint density at radius 1 is 1.25 bits per heavy atom. The zero-order chi connectivity index (χ0) is 15.2. The molecule has 112 valence electrons. The van der Waals surface area contributed by atoms with Gasteiger partial charge in [0.15, 0.2) is 0 Å². The van der Waals surface area contributed by atoms with Crippen LogP contribution >= 0.6 is 23.2 Å². The number of amidine groups is 1. The van der Waals surface area contributed by atoms with E-state index < -0.39 is 10.0 Å². The molecule has 0 aliphatic carbocycles. The predicted octanol–water partition coefficient (Wildman–Crippen LogP) is 2.19. The molecule has 0 saturated heterocycles. The number of hydrogen-bond acceptors (Lipinski definition) is 4. The third kappa shape index (κ3) is 5.54. The zero-order valence-corrected chi connectivity index (χ0v) is 12.8. The summed E-state index contributed by atoms with van der Waals surface area (Å²) >= 11 is 11.5. The number of unbranched alkanes of at least 4 members (excludes halogenated alkanes) is 1. The minimum atomic E-state index is -3.64. The summed E-state index contributed by atoms with van der Waals surface area (Å²) in [5, 5.41) is 11.7. The molecule has 0 bridgehead atoms. The van der Waals surface area contributed by atoms with Crippen molar-refractivity contribution >= 4 is 39.1 Å². The van der Waals surface area contributed by atoms with Crippen LogP contribution in [0.25, 0.3) is 0 Å². The van der Waals surface area contributed by atoms with Gasteiger partial charge >= 0.3 is 0 Å². The first-order valence-electron chi connectivity index (χ1n) is 5.77. The number of benzene rings is 1. The van der Waals surface area contributed by atoms with Crippen molar-refractivity contribution < 1.29 is 13.6 Å². The number of nitrogens with one attached hydrogen (secondary N) is 1. The van der Waals surface area contributed by atoms with Crippen molar-refractivity contribution in [2.45, 2.75) is 24.2 Å². The van der Waals surface area contributed by atoms with E-state index in [2.05, 4.69) is 9.88 Å². The molecule has 0 atom stereocenters. The molecule has 0 fully saturated rings. The van der Waals surface area contributed by atoms with Gasteiger partial charge in [-0.15, -0.1) is 0 Å². The van der Waals surface area contributed by atoms with Gasteiger partial charge in [0.2, 0.25) is 10.0 Å². The fourth-order valence-corrected chi connectivity index (χ4v) is 3.25. The molecule has 1 rings (SSSR count). The van der Waals surface area contributed by atoms with Crippen LogP contribution < -0.4 is 10.5 Å². The van der Waals surface area contributed by atoms with Crippen molar-refractivity contribution in [2.75, 3.05) is 6.54 Å². The first-order chi connectivity index (χ1) is 9.35. The van der Waals surface area contributed by atoms with Crippen LogP contribution in [0.5, 0.6) is 0 Å². The molecule has 6 nitrogen and oxygen atoms in total. The van der Waals surface area contributed by atoms with Gasteiger partial charge in [0.1, 0.15) is 5.84 Å². The first-order valence-corrected chi connectivity index (χ1v) is 8.01. The van der Waals surface area contributed by atoms with Gasteiger partial charge in [0.25, 0.3) is 0 Å². The molecular weight excluding hydrogens is 325 g/mol. The molecule has 4 N–H and O–H groups in total. The minimum absolute atomic E-state index is 0.0198. The van der Waals surface area contributed by atoms with Gasteiger partial charge in [0, 0.05) is 23.0 Å². The molecule has 1 aromatic carbocycles. The molecule has 0 saturated carbocycles. The highest BCUT2D eigenvalue weighted by Gasteiger charge is 2.14. The van der Waals surface area contributed by atoms with Crippen LogP contribution in [0.4, 0.5) is 0 Å². The normalized spacial score (nSPS) is 12.6. The Labute approximate surface area is 127 Å². The molecule has 0 aromatic heterocycles. The van der Waals surface area contributed by atoms with Crippen LogP contribution in [0.2, 0.25) is 10.0 Å². The smallest absolute Gasteiger partial charge is 0.240 e. The van der Waals surface area contributed by atoms with Gasteiger partial charge in [-0.25, -0.2) is 13.1 Å². The molecule has 0 unspecified atom stereocenters. The first kappa shape index (κ1) is 17.0. The molecule has 0 aliphatic heterocycles. The van der Waals surface area contributed by atoms with Gasteiger partial charge in [-0.1, -0.05) is 28.4 Å². The summed E-state index contributed by atoms with van der Waals surface area (Å²) in [5.41, 5.74) is 5.30. The Kier molecular flexibility index (Phi) is 6.54.